The molecule has 0 aromatic rings. The van der Waals surface area contributed by atoms with Crippen LogP contribution in [0.2, 0.25) is 0 Å². The van der Waals surface area contributed by atoms with Crippen LogP contribution in [-0.4, -0.2) is 5.78 Å². The van der Waals surface area contributed by atoms with Gasteiger partial charge in [-0.15, -0.1) is 0 Å². The highest BCUT2D eigenvalue weighted by Gasteiger charge is 2.36. The fourth-order valence-corrected chi connectivity index (χ4v) is 2.29. The average molecular weight is 182 g/mol. The summed E-state index contributed by atoms with van der Waals surface area (Å²) in [7, 11) is 0. The highest BCUT2D eigenvalue weighted by atomic mass is 16.1. The summed E-state index contributed by atoms with van der Waals surface area (Å²) in [6.07, 6.45) is 9.39. The maximum absolute atomic E-state index is 11.6. The molecule has 1 rings (SSSR count). The van der Waals surface area contributed by atoms with Gasteiger partial charge in [0.15, 0.2) is 0 Å². The van der Waals surface area contributed by atoms with Gasteiger partial charge in [0.05, 0.1) is 0 Å². The first-order valence-corrected chi connectivity index (χ1v) is 5.72. The zero-order valence-electron chi connectivity index (χ0n) is 9.07. The van der Waals surface area contributed by atoms with Crippen LogP contribution < -0.4 is 0 Å². The third-order valence-corrected chi connectivity index (χ3v) is 3.39. The molecule has 1 atom stereocenters. The minimum atomic E-state index is 0.0632. The molecule has 1 heteroatoms. The molecule has 1 aliphatic carbocycles. The molecule has 0 heterocycles. The lowest BCUT2D eigenvalue weighted by molar-refractivity contribution is -0.125. The molecule has 0 spiro atoms. The Balaban J connectivity index is 2.22. The molecule has 1 fully saturated rings. The molecule has 13 heavy (non-hydrogen) atoms. The number of ketones is 1. The average Bonchev–Trinajstić information content (AvgIpc) is 2.42. The van der Waals surface area contributed by atoms with E-state index in [-0.39, 0.29) is 5.41 Å². The van der Waals surface area contributed by atoms with E-state index < -0.39 is 0 Å². The van der Waals surface area contributed by atoms with Gasteiger partial charge in [-0.2, -0.15) is 0 Å². The number of carbonyl (C=O) groups excluding carboxylic acids is 1. The molecule has 0 saturated heterocycles. The molecular weight excluding hydrogens is 160 g/mol. The van der Waals surface area contributed by atoms with Crippen molar-refractivity contribution in [3.8, 4) is 0 Å². The molecule has 0 unspecified atom stereocenters. The van der Waals surface area contributed by atoms with Crippen LogP contribution >= 0.6 is 0 Å². The SMILES string of the molecule is CCCCCC[C@]1(C)CCCC1=O. The van der Waals surface area contributed by atoms with Crippen LogP contribution in [0, 0.1) is 5.41 Å². The van der Waals surface area contributed by atoms with Gasteiger partial charge >= 0.3 is 0 Å². The summed E-state index contributed by atoms with van der Waals surface area (Å²) >= 11 is 0. The lowest BCUT2D eigenvalue weighted by atomic mass is 9.82. The second-order valence-electron chi connectivity index (χ2n) is 4.65. The molecule has 1 saturated carbocycles. The van der Waals surface area contributed by atoms with Crippen molar-refractivity contribution in [2.45, 2.75) is 65.2 Å². The zero-order chi connectivity index (χ0) is 9.73. The largest absolute Gasteiger partial charge is 0.299 e. The lowest BCUT2D eigenvalue weighted by Gasteiger charge is -2.21. The van der Waals surface area contributed by atoms with Gasteiger partial charge in [-0.25, -0.2) is 0 Å². The predicted octanol–water partition coefficient (Wildman–Crippen LogP) is 3.72. The van der Waals surface area contributed by atoms with Crippen LogP contribution in [0.15, 0.2) is 0 Å². The standard InChI is InChI=1S/C12H22O/c1-3-4-5-6-9-12(2)10-7-8-11(12)13/h3-10H2,1-2H3/t12-/m1/s1. The van der Waals surface area contributed by atoms with Gasteiger partial charge in [-0.05, 0) is 19.3 Å². The van der Waals surface area contributed by atoms with Crippen molar-refractivity contribution in [2.24, 2.45) is 5.41 Å². The van der Waals surface area contributed by atoms with E-state index in [0.717, 1.165) is 25.7 Å². The zero-order valence-corrected chi connectivity index (χ0v) is 9.07. The quantitative estimate of drug-likeness (QED) is 0.592. The first-order chi connectivity index (χ1) is 6.19. The molecule has 1 aliphatic rings. The van der Waals surface area contributed by atoms with Crippen molar-refractivity contribution in [1.29, 1.82) is 0 Å². The number of Topliss-reactive ketones (excluding diaryl/α,β-unsaturated/α-hetero) is 1. The Morgan fingerprint density at radius 1 is 1.31 bits per heavy atom. The fraction of sp³-hybridized carbons (Fsp3) is 0.917. The molecule has 0 N–H and O–H groups in total. The van der Waals surface area contributed by atoms with Crippen LogP contribution in [0.4, 0.5) is 0 Å². The summed E-state index contributed by atoms with van der Waals surface area (Å²) in [5.41, 5.74) is 0.0632. The van der Waals surface area contributed by atoms with E-state index in [4.69, 9.17) is 0 Å². The van der Waals surface area contributed by atoms with Crippen LogP contribution in [0.25, 0.3) is 0 Å². The third-order valence-electron chi connectivity index (χ3n) is 3.39. The lowest BCUT2D eigenvalue weighted by Crippen LogP contribution is -2.21. The van der Waals surface area contributed by atoms with Gasteiger partial charge in [-0.1, -0.05) is 39.5 Å². The van der Waals surface area contributed by atoms with Gasteiger partial charge in [0.25, 0.3) is 0 Å². The Labute approximate surface area is 81.9 Å². The summed E-state index contributed by atoms with van der Waals surface area (Å²) in [5, 5.41) is 0. The van der Waals surface area contributed by atoms with Gasteiger partial charge in [0.2, 0.25) is 0 Å². The number of rotatable bonds is 5. The van der Waals surface area contributed by atoms with E-state index in [0.29, 0.717) is 5.78 Å². The van der Waals surface area contributed by atoms with Gasteiger partial charge in [0.1, 0.15) is 5.78 Å². The molecule has 0 radical (unpaired) electrons. The fourth-order valence-electron chi connectivity index (χ4n) is 2.29. The van der Waals surface area contributed by atoms with E-state index >= 15 is 0 Å². The Hall–Kier alpha value is -0.330. The molecule has 0 aromatic heterocycles. The molecule has 0 aliphatic heterocycles. The highest BCUT2D eigenvalue weighted by molar-refractivity contribution is 5.86. The van der Waals surface area contributed by atoms with E-state index in [2.05, 4.69) is 13.8 Å². The van der Waals surface area contributed by atoms with Crippen LogP contribution in [0.3, 0.4) is 0 Å². The van der Waals surface area contributed by atoms with Crippen LogP contribution in [-0.2, 0) is 4.79 Å². The van der Waals surface area contributed by atoms with E-state index in [9.17, 15) is 4.79 Å². The Kier molecular flexibility index (Phi) is 3.95. The topological polar surface area (TPSA) is 17.1 Å². The third kappa shape index (κ3) is 2.82. The molecule has 0 amide bonds. The van der Waals surface area contributed by atoms with Crippen molar-refractivity contribution in [1.82, 2.24) is 0 Å². The Bertz CT molecular complexity index is 174. The van der Waals surface area contributed by atoms with Crippen molar-refractivity contribution >= 4 is 5.78 Å². The van der Waals surface area contributed by atoms with E-state index in [1.807, 2.05) is 0 Å². The van der Waals surface area contributed by atoms with Crippen LogP contribution in [0.5, 0.6) is 0 Å². The van der Waals surface area contributed by atoms with Gasteiger partial charge in [-0.3, -0.25) is 4.79 Å². The molecule has 0 bridgehead atoms. The van der Waals surface area contributed by atoms with E-state index in [1.165, 1.54) is 25.7 Å². The predicted molar refractivity (Wildman–Crippen MR) is 55.7 cm³/mol. The maximum atomic E-state index is 11.6. The van der Waals surface area contributed by atoms with Crippen molar-refractivity contribution in [3.05, 3.63) is 0 Å². The first kappa shape index (κ1) is 10.7. The second kappa shape index (κ2) is 4.78. The normalized spacial score (nSPS) is 28.3. The summed E-state index contributed by atoms with van der Waals surface area (Å²) in [6.45, 7) is 4.39. The molecule has 76 valence electrons. The minimum absolute atomic E-state index is 0.0632. The second-order valence-corrected chi connectivity index (χ2v) is 4.65. The summed E-state index contributed by atoms with van der Waals surface area (Å²) in [5.74, 6) is 0.518. The summed E-state index contributed by atoms with van der Waals surface area (Å²) < 4.78 is 0. The maximum Gasteiger partial charge on any atom is 0.138 e. The molecule has 1 nitrogen and oxygen atoms in total. The molecule has 0 aromatic carbocycles. The van der Waals surface area contributed by atoms with Crippen molar-refractivity contribution < 1.29 is 4.79 Å². The number of carbonyl (C=O) groups is 1. The number of unbranched alkanes of at least 4 members (excludes halogenated alkanes) is 3. The molecular formula is C12H22O. The van der Waals surface area contributed by atoms with E-state index in [1.54, 1.807) is 0 Å². The Morgan fingerprint density at radius 2 is 2.08 bits per heavy atom. The van der Waals surface area contributed by atoms with Gasteiger partial charge < -0.3 is 0 Å². The summed E-state index contributed by atoms with van der Waals surface area (Å²) in [4.78, 5) is 11.6. The van der Waals surface area contributed by atoms with Gasteiger partial charge in [0, 0.05) is 11.8 Å². The first-order valence-electron chi connectivity index (χ1n) is 5.72. The summed E-state index contributed by atoms with van der Waals surface area (Å²) in [6, 6.07) is 0. The van der Waals surface area contributed by atoms with Crippen molar-refractivity contribution in [2.75, 3.05) is 0 Å². The smallest absolute Gasteiger partial charge is 0.138 e. The number of hydrogen-bond donors (Lipinski definition) is 0. The highest BCUT2D eigenvalue weighted by Crippen LogP contribution is 2.38. The minimum Gasteiger partial charge on any atom is -0.299 e. The van der Waals surface area contributed by atoms with Crippen molar-refractivity contribution in [3.63, 3.8) is 0 Å². The Morgan fingerprint density at radius 3 is 2.62 bits per heavy atom. The monoisotopic (exact) mass is 182 g/mol. The number of hydrogen-bond acceptors (Lipinski definition) is 1. The van der Waals surface area contributed by atoms with Crippen LogP contribution in [0.1, 0.15) is 65.2 Å².